The largest absolute Gasteiger partial charge is 0.496 e. The van der Waals surface area contributed by atoms with Gasteiger partial charge in [-0.05, 0) is 49.4 Å². The molecule has 2 aliphatic rings. The molecule has 2 aliphatic heterocycles. The highest BCUT2D eigenvalue weighted by atomic mass is 35.5. The number of imidazole rings is 1. The fourth-order valence-electron chi connectivity index (χ4n) is 6.02. The zero-order valence-electron chi connectivity index (χ0n) is 28.4. The number of amides is 2. The summed E-state index contributed by atoms with van der Waals surface area (Å²) < 4.78 is 7.43. The number of hydrogen-bond acceptors (Lipinski definition) is 9. The lowest BCUT2D eigenvalue weighted by molar-refractivity contribution is 0.100. The van der Waals surface area contributed by atoms with Crippen molar-refractivity contribution >= 4 is 40.7 Å². The van der Waals surface area contributed by atoms with Gasteiger partial charge in [0.05, 0.1) is 23.5 Å². The summed E-state index contributed by atoms with van der Waals surface area (Å²) in [6, 6.07) is 12.6. The summed E-state index contributed by atoms with van der Waals surface area (Å²) in [6.07, 6.45) is 7.70. The number of allylic oxidation sites excluding steroid dienone is 2. The number of hydrogen-bond donors (Lipinski definition) is 3. The Bertz CT molecular complexity index is 2110. The number of methoxy groups -OCH3 is 1. The Hall–Kier alpha value is -5.68. The first-order valence-corrected chi connectivity index (χ1v) is 16.3. The molecule has 0 spiro atoms. The lowest BCUT2D eigenvalue weighted by Crippen LogP contribution is -2.27. The number of pyridine rings is 1. The Morgan fingerprint density at radius 1 is 1.04 bits per heavy atom. The van der Waals surface area contributed by atoms with Crippen LogP contribution in [0.5, 0.6) is 5.75 Å². The molecular formula is C37H37ClN8O4. The number of nitrogens with zero attached hydrogens (tertiary/aromatic N) is 5. The minimum absolute atomic E-state index is 0.172. The van der Waals surface area contributed by atoms with Gasteiger partial charge in [0, 0.05) is 86.8 Å². The monoisotopic (exact) mass is 692 g/mol. The number of halogens is 1. The molecule has 50 heavy (non-hydrogen) atoms. The van der Waals surface area contributed by atoms with Crippen molar-refractivity contribution < 1.29 is 19.1 Å². The van der Waals surface area contributed by atoms with E-state index in [-0.39, 0.29) is 11.6 Å². The summed E-state index contributed by atoms with van der Waals surface area (Å²) in [4.78, 5) is 50.8. The molecule has 0 saturated carbocycles. The summed E-state index contributed by atoms with van der Waals surface area (Å²) in [5.74, 6) is 1.96. The zero-order chi connectivity index (χ0) is 35.5. The molecule has 0 saturated heterocycles. The van der Waals surface area contributed by atoms with Crippen LogP contribution in [-0.2, 0) is 31.4 Å². The number of benzene rings is 2. The Kier molecular flexibility index (Phi) is 9.87. The second-order valence-corrected chi connectivity index (χ2v) is 12.6. The molecule has 6 rings (SSSR count). The van der Waals surface area contributed by atoms with Crippen LogP contribution in [0.15, 0.2) is 78.4 Å². The molecule has 0 unspecified atom stereocenters. The maximum absolute atomic E-state index is 13.4. The first kappa shape index (κ1) is 34.2. The summed E-state index contributed by atoms with van der Waals surface area (Å²) in [5.41, 5.74) is 7.30. The van der Waals surface area contributed by atoms with Gasteiger partial charge in [-0.1, -0.05) is 35.9 Å². The predicted molar refractivity (Wildman–Crippen MR) is 193 cm³/mol. The molecule has 2 aromatic carbocycles. The van der Waals surface area contributed by atoms with E-state index in [1.54, 1.807) is 48.6 Å². The van der Waals surface area contributed by atoms with E-state index < -0.39 is 5.91 Å². The third-order valence-corrected chi connectivity index (χ3v) is 9.31. The topological polar surface area (TPSA) is 134 Å². The smallest absolute Gasteiger partial charge is 0.291 e. The van der Waals surface area contributed by atoms with Gasteiger partial charge < -0.3 is 35.1 Å². The van der Waals surface area contributed by atoms with Gasteiger partial charge in [-0.2, -0.15) is 0 Å². The summed E-state index contributed by atoms with van der Waals surface area (Å²) >= 11 is 6.91. The van der Waals surface area contributed by atoms with Gasteiger partial charge in [0.25, 0.3) is 11.8 Å². The fraction of sp³-hybridized carbons (Fsp3) is 0.243. The van der Waals surface area contributed by atoms with Gasteiger partial charge in [-0.3, -0.25) is 14.6 Å². The molecule has 0 aliphatic carbocycles. The van der Waals surface area contributed by atoms with Crippen LogP contribution < -0.4 is 20.7 Å². The van der Waals surface area contributed by atoms with Crippen molar-refractivity contribution in [3.63, 3.8) is 0 Å². The van der Waals surface area contributed by atoms with Crippen LogP contribution in [0.4, 0.5) is 11.4 Å². The average molecular weight is 693 g/mol. The van der Waals surface area contributed by atoms with Crippen molar-refractivity contribution in [1.82, 2.24) is 29.7 Å². The van der Waals surface area contributed by atoms with Gasteiger partial charge in [-0.15, -0.1) is 0 Å². The highest BCUT2D eigenvalue weighted by Gasteiger charge is 2.25. The standard InChI is InChI=1S/C37H37ClN8O4/c1-22-26(27-9-7-11-29(34(27)38)43-37(49)35-41-31-20-44(2)14-13-32(31)46(35)4)8-6-10-28(22)42-36(48)30-17-33(50-5)23(19-40-30)18-39-24-12-15-45(3)25(16-24)21-47/h6-12,15-17,19,39H,13-14,18,20H2,1-5H3,(H,42,48)(H,43,49). The van der Waals surface area contributed by atoms with Crippen molar-refractivity contribution in [1.29, 1.82) is 0 Å². The van der Waals surface area contributed by atoms with Crippen molar-refractivity contribution in [3.8, 4) is 16.9 Å². The van der Waals surface area contributed by atoms with Crippen LogP contribution in [0.3, 0.4) is 0 Å². The maximum Gasteiger partial charge on any atom is 0.291 e. The third-order valence-electron chi connectivity index (χ3n) is 8.90. The Morgan fingerprint density at radius 3 is 2.54 bits per heavy atom. The Balaban J connectivity index is 1.17. The molecular weight excluding hydrogens is 656 g/mol. The molecule has 0 atom stereocenters. The van der Waals surface area contributed by atoms with Crippen LogP contribution in [0.25, 0.3) is 11.1 Å². The molecule has 12 nitrogen and oxygen atoms in total. The highest BCUT2D eigenvalue weighted by molar-refractivity contribution is 6.36. The van der Waals surface area contributed by atoms with E-state index in [4.69, 9.17) is 16.3 Å². The van der Waals surface area contributed by atoms with Crippen LogP contribution >= 0.6 is 11.6 Å². The van der Waals surface area contributed by atoms with E-state index in [1.807, 2.05) is 61.9 Å². The number of ether oxygens (including phenoxy) is 1. The number of rotatable bonds is 9. The van der Waals surface area contributed by atoms with Crippen LogP contribution in [0.2, 0.25) is 5.02 Å². The van der Waals surface area contributed by atoms with Gasteiger partial charge in [0.1, 0.15) is 17.1 Å². The van der Waals surface area contributed by atoms with Crippen molar-refractivity contribution in [2.24, 2.45) is 7.05 Å². The predicted octanol–water partition coefficient (Wildman–Crippen LogP) is 5.09. The Morgan fingerprint density at radius 2 is 1.78 bits per heavy atom. The van der Waals surface area contributed by atoms with Crippen LogP contribution in [0.1, 0.15) is 43.6 Å². The number of aromatic nitrogens is 3. The molecule has 4 aromatic rings. The van der Waals surface area contributed by atoms with Gasteiger partial charge >= 0.3 is 0 Å². The minimum atomic E-state index is -0.416. The molecule has 3 N–H and O–H groups in total. The van der Waals surface area contributed by atoms with E-state index >= 15 is 0 Å². The molecule has 2 amide bonds. The van der Waals surface area contributed by atoms with Crippen LogP contribution in [0, 0.1) is 6.92 Å². The van der Waals surface area contributed by atoms with E-state index in [0.717, 1.165) is 46.7 Å². The first-order valence-electron chi connectivity index (χ1n) is 16.0. The van der Waals surface area contributed by atoms with Gasteiger partial charge in [0.2, 0.25) is 0 Å². The molecule has 256 valence electrons. The SMILES string of the molecule is COc1cc(C(=O)Nc2cccc(-c3cccc(NC(=O)c4nc5c(n4C)CCN(C)C5)c3Cl)c2C)ncc1CNC1=CC(=C=O)N(C)C=C1. The quantitative estimate of drug-likeness (QED) is 0.205. The molecule has 0 bridgehead atoms. The highest BCUT2D eigenvalue weighted by Crippen LogP contribution is 2.38. The molecule has 4 heterocycles. The van der Waals surface area contributed by atoms with Crippen molar-refractivity contribution in [2.75, 3.05) is 38.4 Å². The molecule has 2 aromatic heterocycles. The van der Waals surface area contributed by atoms with Crippen molar-refractivity contribution in [2.45, 2.75) is 26.4 Å². The summed E-state index contributed by atoms with van der Waals surface area (Å²) in [5, 5.41) is 9.52. The minimum Gasteiger partial charge on any atom is -0.496 e. The van der Waals surface area contributed by atoms with E-state index in [2.05, 4.69) is 30.8 Å². The van der Waals surface area contributed by atoms with E-state index in [1.165, 1.54) is 7.11 Å². The number of fused-ring (bicyclic) bond motifs is 1. The average Bonchev–Trinajstić information content (AvgIpc) is 3.44. The first-order chi connectivity index (χ1) is 24.1. The van der Waals surface area contributed by atoms with E-state index in [0.29, 0.717) is 52.3 Å². The third kappa shape index (κ3) is 6.90. The normalized spacial score (nSPS) is 14.1. The van der Waals surface area contributed by atoms with Crippen LogP contribution in [-0.4, -0.2) is 69.8 Å². The molecule has 13 heteroatoms. The maximum atomic E-state index is 13.4. The zero-order valence-corrected chi connectivity index (χ0v) is 29.2. The number of carbonyl (C=O) groups excluding carboxylic acids is 3. The number of anilines is 2. The summed E-state index contributed by atoms with van der Waals surface area (Å²) in [7, 11) is 7.19. The lowest BCUT2D eigenvalue weighted by Gasteiger charge is -2.21. The lowest BCUT2D eigenvalue weighted by atomic mass is 9.98. The number of carbonyl (C=O) groups is 2. The molecule has 0 radical (unpaired) electrons. The van der Waals surface area contributed by atoms with Gasteiger partial charge in [0.15, 0.2) is 11.8 Å². The van der Waals surface area contributed by atoms with Crippen molar-refractivity contribution in [3.05, 3.63) is 117 Å². The fourth-order valence-corrected chi connectivity index (χ4v) is 6.29. The number of nitrogens with one attached hydrogen (secondary N) is 3. The van der Waals surface area contributed by atoms with Gasteiger partial charge in [-0.25, -0.2) is 9.78 Å². The second-order valence-electron chi connectivity index (χ2n) is 12.2. The van der Waals surface area contributed by atoms with E-state index in [9.17, 15) is 14.4 Å². The Labute approximate surface area is 295 Å². The second kappa shape index (κ2) is 14.4. The summed E-state index contributed by atoms with van der Waals surface area (Å²) in [6.45, 7) is 3.85. The number of likely N-dealkylation sites (N-methyl/N-ethyl adjacent to an activating group) is 2. The molecule has 0 fully saturated rings.